The Kier molecular flexibility index (Phi) is 6.07. The second kappa shape index (κ2) is 6.32. The van der Waals surface area contributed by atoms with E-state index in [1.165, 1.54) is 18.2 Å². The van der Waals surface area contributed by atoms with Crippen LogP contribution in [0.1, 0.15) is 5.56 Å². The number of halogens is 3. The Hall–Kier alpha value is -0.793. The molecule has 11 heteroatoms. The Bertz CT molecular complexity index is 681. The predicted molar refractivity (Wildman–Crippen MR) is 62.1 cm³/mol. The Labute approximate surface area is 126 Å². The maximum absolute atomic E-state index is 12.0. The zero-order chi connectivity index (χ0) is 14.9. The Morgan fingerprint density at radius 3 is 1.85 bits per heavy atom. The molecule has 0 saturated heterocycles. The van der Waals surface area contributed by atoms with Gasteiger partial charge < -0.3 is 4.13 Å². The van der Waals surface area contributed by atoms with Crippen LogP contribution >= 0.6 is 0 Å². The molecule has 106 valence electrons. The minimum Gasteiger partial charge on any atom is -0.424 e. The van der Waals surface area contributed by atoms with Crippen LogP contribution in [0.3, 0.4) is 0 Å². The van der Waals surface area contributed by atoms with E-state index >= 15 is 0 Å². The van der Waals surface area contributed by atoms with Gasteiger partial charge in [-0.05, 0) is 17.7 Å². The fourth-order valence-corrected chi connectivity index (χ4v) is 3.19. The van der Waals surface area contributed by atoms with Gasteiger partial charge in [-0.25, -0.2) is 16.8 Å². The van der Waals surface area contributed by atoms with E-state index in [-0.39, 0.29) is 18.9 Å². The molecule has 0 aliphatic rings. The van der Waals surface area contributed by atoms with Crippen molar-refractivity contribution in [2.45, 2.75) is 10.4 Å². The predicted octanol–water partition coefficient (Wildman–Crippen LogP) is -0.754. The molecular formula is C9H7F3LiNO4S2. The molecule has 0 heterocycles. The molecule has 0 fully saturated rings. The molecule has 0 saturated carbocycles. The van der Waals surface area contributed by atoms with Crippen LogP contribution in [-0.4, -0.2) is 22.3 Å². The summed E-state index contributed by atoms with van der Waals surface area (Å²) in [6.45, 7) is 3.40. The van der Waals surface area contributed by atoms with E-state index in [9.17, 15) is 30.0 Å². The summed E-state index contributed by atoms with van der Waals surface area (Å²) in [6, 6.07) is 4.36. The fraction of sp³-hybridized carbons (Fsp3) is 0.111. The molecule has 1 aromatic rings. The van der Waals surface area contributed by atoms with Gasteiger partial charge in [-0.3, -0.25) is 0 Å². The maximum Gasteiger partial charge on any atom is 1.00 e. The summed E-state index contributed by atoms with van der Waals surface area (Å²) < 4.78 is 82.2. The van der Waals surface area contributed by atoms with Crippen LogP contribution in [0.15, 0.2) is 35.7 Å². The van der Waals surface area contributed by atoms with Gasteiger partial charge in [0.15, 0.2) is 10.0 Å². The van der Waals surface area contributed by atoms with Crippen molar-refractivity contribution in [1.82, 2.24) is 0 Å². The third-order valence-corrected chi connectivity index (χ3v) is 4.93. The van der Waals surface area contributed by atoms with Gasteiger partial charge in [-0.15, -0.1) is 0 Å². The van der Waals surface area contributed by atoms with Gasteiger partial charge in [0.05, 0.1) is 0 Å². The van der Waals surface area contributed by atoms with Crippen LogP contribution in [0.5, 0.6) is 0 Å². The molecule has 0 spiro atoms. The van der Waals surface area contributed by atoms with E-state index < -0.39 is 30.5 Å². The monoisotopic (exact) mass is 321 g/mol. The zero-order valence-corrected chi connectivity index (χ0v) is 11.8. The summed E-state index contributed by atoms with van der Waals surface area (Å²) in [7, 11) is -11.0. The Morgan fingerprint density at radius 1 is 1.05 bits per heavy atom. The number of hydrogen-bond acceptors (Lipinski definition) is 4. The van der Waals surface area contributed by atoms with Crippen LogP contribution in [0.25, 0.3) is 10.2 Å². The molecule has 5 nitrogen and oxygen atoms in total. The molecule has 0 atom stereocenters. The molecular weight excluding hydrogens is 314 g/mol. The standard InChI is InChI=1S/C9H7F3NO4S2.Li/c1-2-7-3-5-8(6-4-7)18(14,15)13-19(16,17)9(10,11)12;/h2-6H,1H2;/q-1;+1. The quantitative estimate of drug-likeness (QED) is 0.683. The van der Waals surface area contributed by atoms with Gasteiger partial charge in [0.1, 0.15) is 10.0 Å². The normalized spacial score (nSPS) is 12.6. The van der Waals surface area contributed by atoms with Gasteiger partial charge in [0.25, 0.3) is 0 Å². The van der Waals surface area contributed by atoms with Gasteiger partial charge in [0.2, 0.25) is 0 Å². The smallest absolute Gasteiger partial charge is 0.424 e. The second-order valence-electron chi connectivity index (χ2n) is 3.24. The molecule has 0 bridgehead atoms. The van der Waals surface area contributed by atoms with Crippen LogP contribution < -0.4 is 18.9 Å². The van der Waals surface area contributed by atoms with Crippen LogP contribution in [0.4, 0.5) is 13.2 Å². The minimum absolute atomic E-state index is 0. The minimum atomic E-state index is -6.10. The molecule has 0 unspecified atom stereocenters. The van der Waals surface area contributed by atoms with Crippen molar-refractivity contribution in [3.8, 4) is 0 Å². The summed E-state index contributed by atoms with van der Waals surface area (Å²) in [6.07, 6.45) is 1.37. The number of sulfonamides is 2. The molecule has 1 rings (SSSR count). The first kappa shape index (κ1) is 19.2. The van der Waals surface area contributed by atoms with Crippen LogP contribution in [-0.2, 0) is 20.0 Å². The van der Waals surface area contributed by atoms with Crippen LogP contribution in [0, 0.1) is 0 Å². The van der Waals surface area contributed by atoms with Crippen molar-refractivity contribution in [3.05, 3.63) is 40.5 Å². The number of rotatable bonds is 4. The number of nitrogens with zero attached hydrogens (tertiary/aromatic N) is 1. The van der Waals surface area contributed by atoms with Crippen molar-refractivity contribution in [2.24, 2.45) is 0 Å². The van der Waals surface area contributed by atoms with E-state index in [0.29, 0.717) is 5.56 Å². The summed E-state index contributed by atoms with van der Waals surface area (Å²) in [5.74, 6) is 0. The zero-order valence-electron chi connectivity index (χ0n) is 10.1. The molecule has 0 aliphatic carbocycles. The molecule has 0 aliphatic heterocycles. The Balaban J connectivity index is 0.00000361. The summed E-state index contributed by atoms with van der Waals surface area (Å²) in [5, 5.41) is 0. The average Bonchev–Trinajstić information content (AvgIpc) is 2.26. The van der Waals surface area contributed by atoms with Gasteiger partial charge in [-0.2, -0.15) is 13.2 Å². The van der Waals surface area contributed by atoms with Crippen molar-refractivity contribution in [2.75, 3.05) is 0 Å². The number of alkyl halides is 3. The van der Waals surface area contributed by atoms with Crippen molar-refractivity contribution in [1.29, 1.82) is 0 Å². The van der Waals surface area contributed by atoms with Gasteiger partial charge in [-0.1, -0.05) is 24.8 Å². The maximum atomic E-state index is 12.0. The summed E-state index contributed by atoms with van der Waals surface area (Å²) in [4.78, 5) is -0.661. The van der Waals surface area contributed by atoms with Crippen LogP contribution in [0.2, 0.25) is 0 Å². The van der Waals surface area contributed by atoms with E-state index in [4.69, 9.17) is 0 Å². The molecule has 0 radical (unpaired) electrons. The fourth-order valence-electron chi connectivity index (χ4n) is 0.990. The molecule has 0 aromatic heterocycles. The second-order valence-corrected chi connectivity index (χ2v) is 6.67. The van der Waals surface area contributed by atoms with Crippen molar-refractivity contribution < 1.29 is 48.9 Å². The topological polar surface area (TPSA) is 82.4 Å². The third kappa shape index (κ3) is 4.36. The first-order chi connectivity index (χ1) is 8.49. The SMILES string of the molecule is C=Cc1ccc(S(=O)(=O)[N-]S(=O)(=O)C(F)(F)F)cc1.[Li+]. The number of benzene rings is 1. The molecule has 0 amide bonds. The third-order valence-electron chi connectivity index (χ3n) is 1.90. The number of hydrogen-bond donors (Lipinski definition) is 0. The first-order valence-corrected chi connectivity index (χ1v) is 7.41. The summed E-state index contributed by atoms with van der Waals surface area (Å²) in [5.41, 5.74) is -5.25. The van der Waals surface area contributed by atoms with Crippen molar-refractivity contribution in [3.63, 3.8) is 0 Å². The van der Waals surface area contributed by atoms with E-state index in [0.717, 1.165) is 12.1 Å². The molecule has 1 aromatic carbocycles. The van der Waals surface area contributed by atoms with Gasteiger partial charge >= 0.3 is 24.4 Å². The molecule has 0 N–H and O–H groups in total. The van der Waals surface area contributed by atoms with E-state index in [1.807, 2.05) is 4.13 Å². The van der Waals surface area contributed by atoms with E-state index in [2.05, 4.69) is 6.58 Å². The summed E-state index contributed by atoms with van der Waals surface area (Å²) >= 11 is 0. The molecule has 20 heavy (non-hydrogen) atoms. The largest absolute Gasteiger partial charge is 1.00 e. The Morgan fingerprint density at radius 2 is 1.50 bits per heavy atom. The van der Waals surface area contributed by atoms with E-state index in [1.54, 1.807) is 0 Å². The first-order valence-electron chi connectivity index (χ1n) is 4.53. The average molecular weight is 321 g/mol. The van der Waals surface area contributed by atoms with Gasteiger partial charge in [0, 0.05) is 4.90 Å². The van der Waals surface area contributed by atoms with Crippen molar-refractivity contribution >= 4 is 26.1 Å².